The molecule has 2 N–H and O–H groups in total. The van der Waals surface area contributed by atoms with Gasteiger partial charge in [-0.25, -0.2) is 8.78 Å². The molecule has 0 aliphatic rings. The van der Waals surface area contributed by atoms with Gasteiger partial charge in [-0.05, 0) is 55.0 Å². The highest BCUT2D eigenvalue weighted by molar-refractivity contribution is 6.04. The first-order valence-electron chi connectivity index (χ1n) is 8.62. The second-order valence-electron chi connectivity index (χ2n) is 6.33. The van der Waals surface area contributed by atoms with Gasteiger partial charge in [-0.2, -0.15) is 0 Å². The highest BCUT2D eigenvalue weighted by Crippen LogP contribution is 2.14. The molecule has 2 amide bonds. The molecule has 142 valence electrons. The summed E-state index contributed by atoms with van der Waals surface area (Å²) in [4.78, 5) is 24.4. The van der Waals surface area contributed by atoms with E-state index in [1.54, 1.807) is 36.4 Å². The monoisotopic (exact) mass is 380 g/mol. The summed E-state index contributed by atoms with van der Waals surface area (Å²) in [6.45, 7) is 2.04. The molecule has 0 unspecified atom stereocenters. The van der Waals surface area contributed by atoms with Gasteiger partial charge < -0.3 is 10.6 Å². The van der Waals surface area contributed by atoms with Gasteiger partial charge in [0, 0.05) is 17.8 Å². The minimum atomic E-state index is -0.794. The van der Waals surface area contributed by atoms with E-state index in [0.717, 1.165) is 23.8 Å². The van der Waals surface area contributed by atoms with Crippen molar-refractivity contribution in [2.45, 2.75) is 13.5 Å². The predicted octanol–water partition coefficient (Wildman–Crippen LogP) is 4.46. The van der Waals surface area contributed by atoms with Crippen LogP contribution in [0.2, 0.25) is 0 Å². The van der Waals surface area contributed by atoms with E-state index in [1.807, 2.05) is 19.1 Å². The standard InChI is InChI=1S/C22H18F2N2O2/c1-14-5-7-16(8-6-14)21(27)26-18-4-2-3-15(11-18)13-25-22(28)19-12-17(23)9-10-20(19)24/h2-12H,13H2,1H3,(H,25,28)(H,26,27). The topological polar surface area (TPSA) is 58.2 Å². The van der Waals surface area contributed by atoms with Crippen molar-refractivity contribution in [3.63, 3.8) is 0 Å². The molecule has 0 fully saturated rings. The summed E-state index contributed by atoms with van der Waals surface area (Å²) in [5.41, 5.74) is 2.50. The van der Waals surface area contributed by atoms with E-state index in [-0.39, 0.29) is 18.0 Å². The lowest BCUT2D eigenvalue weighted by Gasteiger charge is -2.09. The Morgan fingerprint density at radius 1 is 0.893 bits per heavy atom. The molecule has 0 bridgehead atoms. The first kappa shape index (κ1) is 19.2. The maximum absolute atomic E-state index is 13.7. The van der Waals surface area contributed by atoms with Crippen LogP contribution in [0.4, 0.5) is 14.5 Å². The van der Waals surface area contributed by atoms with Crippen molar-refractivity contribution in [3.05, 3.63) is 101 Å². The van der Waals surface area contributed by atoms with Crippen LogP contribution in [0.1, 0.15) is 31.8 Å². The molecule has 0 saturated carbocycles. The van der Waals surface area contributed by atoms with Gasteiger partial charge in [0.15, 0.2) is 0 Å². The van der Waals surface area contributed by atoms with Crippen molar-refractivity contribution in [2.24, 2.45) is 0 Å². The van der Waals surface area contributed by atoms with Crippen molar-refractivity contribution in [1.82, 2.24) is 5.32 Å². The lowest BCUT2D eigenvalue weighted by molar-refractivity contribution is 0.0945. The average molecular weight is 380 g/mol. The first-order chi connectivity index (χ1) is 13.4. The fourth-order valence-electron chi connectivity index (χ4n) is 2.62. The maximum Gasteiger partial charge on any atom is 0.255 e. The summed E-state index contributed by atoms with van der Waals surface area (Å²) < 4.78 is 26.9. The zero-order valence-corrected chi connectivity index (χ0v) is 15.1. The lowest BCUT2D eigenvalue weighted by Crippen LogP contribution is -2.24. The predicted molar refractivity (Wildman–Crippen MR) is 103 cm³/mol. The average Bonchev–Trinajstić information content (AvgIpc) is 2.68. The zero-order valence-electron chi connectivity index (χ0n) is 15.1. The zero-order chi connectivity index (χ0) is 20.1. The first-order valence-corrected chi connectivity index (χ1v) is 8.62. The molecule has 0 saturated heterocycles. The quantitative estimate of drug-likeness (QED) is 0.687. The molecule has 4 nitrogen and oxygen atoms in total. The van der Waals surface area contributed by atoms with Crippen molar-refractivity contribution < 1.29 is 18.4 Å². The second-order valence-corrected chi connectivity index (χ2v) is 6.33. The number of carbonyl (C=O) groups is 2. The number of halogens is 2. The number of carbonyl (C=O) groups excluding carboxylic acids is 2. The van der Waals surface area contributed by atoms with Gasteiger partial charge >= 0.3 is 0 Å². The Morgan fingerprint density at radius 2 is 1.64 bits per heavy atom. The Kier molecular flexibility index (Phi) is 5.79. The van der Waals surface area contributed by atoms with Gasteiger partial charge in [0.05, 0.1) is 5.56 Å². The minimum Gasteiger partial charge on any atom is -0.348 e. The molecule has 0 spiro atoms. The van der Waals surface area contributed by atoms with Crippen LogP contribution in [-0.4, -0.2) is 11.8 Å². The third kappa shape index (κ3) is 4.79. The van der Waals surface area contributed by atoms with Crippen LogP contribution in [0.15, 0.2) is 66.7 Å². The fraction of sp³-hybridized carbons (Fsp3) is 0.0909. The summed E-state index contributed by atoms with van der Waals surface area (Å²) in [6, 6.07) is 16.8. The van der Waals surface area contributed by atoms with Gasteiger partial charge in [-0.3, -0.25) is 9.59 Å². The Bertz CT molecular complexity index is 1020. The molecule has 28 heavy (non-hydrogen) atoms. The molecule has 6 heteroatoms. The van der Waals surface area contributed by atoms with Crippen LogP contribution in [-0.2, 0) is 6.54 Å². The third-order valence-corrected chi connectivity index (χ3v) is 4.12. The van der Waals surface area contributed by atoms with Crippen molar-refractivity contribution in [3.8, 4) is 0 Å². The Morgan fingerprint density at radius 3 is 2.39 bits per heavy atom. The van der Waals surface area contributed by atoms with E-state index in [2.05, 4.69) is 10.6 Å². The number of aryl methyl sites for hydroxylation is 1. The second kappa shape index (κ2) is 8.43. The summed E-state index contributed by atoms with van der Waals surface area (Å²) in [5.74, 6) is -2.44. The van der Waals surface area contributed by atoms with Gasteiger partial charge in [-0.1, -0.05) is 29.8 Å². The summed E-state index contributed by atoms with van der Waals surface area (Å²) in [7, 11) is 0. The van der Waals surface area contributed by atoms with E-state index in [1.165, 1.54) is 0 Å². The van der Waals surface area contributed by atoms with Gasteiger partial charge in [-0.15, -0.1) is 0 Å². The number of hydrogen-bond donors (Lipinski definition) is 2. The van der Waals surface area contributed by atoms with Crippen LogP contribution >= 0.6 is 0 Å². The van der Waals surface area contributed by atoms with E-state index in [9.17, 15) is 18.4 Å². The van der Waals surface area contributed by atoms with E-state index in [0.29, 0.717) is 16.8 Å². The van der Waals surface area contributed by atoms with Crippen LogP contribution < -0.4 is 10.6 Å². The lowest BCUT2D eigenvalue weighted by atomic mass is 10.1. The highest BCUT2D eigenvalue weighted by atomic mass is 19.1. The molecular weight excluding hydrogens is 362 g/mol. The van der Waals surface area contributed by atoms with E-state index >= 15 is 0 Å². The largest absolute Gasteiger partial charge is 0.348 e. The Hall–Kier alpha value is -3.54. The van der Waals surface area contributed by atoms with Crippen LogP contribution in [0, 0.1) is 18.6 Å². The van der Waals surface area contributed by atoms with Crippen LogP contribution in [0.5, 0.6) is 0 Å². The van der Waals surface area contributed by atoms with Crippen molar-refractivity contribution >= 4 is 17.5 Å². The number of hydrogen-bond acceptors (Lipinski definition) is 2. The van der Waals surface area contributed by atoms with Gasteiger partial charge in [0.1, 0.15) is 11.6 Å². The molecular formula is C22H18F2N2O2. The molecule has 0 aliphatic heterocycles. The van der Waals surface area contributed by atoms with Gasteiger partial charge in [0.25, 0.3) is 11.8 Å². The Labute approximate surface area is 161 Å². The molecule has 0 aromatic heterocycles. The molecule has 0 heterocycles. The highest BCUT2D eigenvalue weighted by Gasteiger charge is 2.13. The molecule has 3 rings (SSSR count). The van der Waals surface area contributed by atoms with Crippen molar-refractivity contribution in [2.75, 3.05) is 5.32 Å². The fourth-order valence-corrected chi connectivity index (χ4v) is 2.62. The minimum absolute atomic E-state index is 0.100. The summed E-state index contributed by atoms with van der Waals surface area (Å²) in [6.07, 6.45) is 0. The summed E-state index contributed by atoms with van der Waals surface area (Å²) >= 11 is 0. The summed E-state index contributed by atoms with van der Waals surface area (Å²) in [5, 5.41) is 5.34. The number of benzene rings is 3. The molecule has 0 radical (unpaired) electrons. The van der Waals surface area contributed by atoms with Crippen LogP contribution in [0.25, 0.3) is 0 Å². The number of amides is 2. The molecule has 3 aromatic carbocycles. The molecule has 3 aromatic rings. The molecule has 0 aliphatic carbocycles. The van der Waals surface area contributed by atoms with Crippen molar-refractivity contribution in [1.29, 1.82) is 0 Å². The third-order valence-electron chi connectivity index (χ3n) is 4.12. The van der Waals surface area contributed by atoms with Crippen LogP contribution in [0.3, 0.4) is 0 Å². The number of nitrogens with one attached hydrogen (secondary N) is 2. The Balaban J connectivity index is 1.64. The number of rotatable bonds is 5. The van der Waals surface area contributed by atoms with E-state index < -0.39 is 17.5 Å². The maximum atomic E-state index is 13.7. The SMILES string of the molecule is Cc1ccc(C(=O)Nc2cccc(CNC(=O)c3cc(F)ccc3F)c2)cc1. The smallest absolute Gasteiger partial charge is 0.255 e. The number of anilines is 1. The molecule has 0 atom stereocenters. The van der Waals surface area contributed by atoms with Gasteiger partial charge in [0.2, 0.25) is 0 Å². The van der Waals surface area contributed by atoms with E-state index in [4.69, 9.17) is 0 Å². The normalized spacial score (nSPS) is 10.4.